The second-order valence-electron chi connectivity index (χ2n) is 3.45. The molecular formula is C11H7BrF3NS. The highest BCUT2D eigenvalue weighted by molar-refractivity contribution is 9.10. The van der Waals surface area contributed by atoms with Crippen molar-refractivity contribution >= 4 is 27.3 Å². The lowest BCUT2D eigenvalue weighted by Gasteiger charge is -2.12. The van der Waals surface area contributed by atoms with Gasteiger partial charge in [0.15, 0.2) is 17.5 Å². The molecule has 0 saturated carbocycles. The first-order chi connectivity index (χ1) is 8.00. The van der Waals surface area contributed by atoms with E-state index in [2.05, 4.69) is 15.9 Å². The zero-order valence-corrected chi connectivity index (χ0v) is 10.8. The van der Waals surface area contributed by atoms with Gasteiger partial charge in [-0.1, -0.05) is 0 Å². The molecule has 2 rings (SSSR count). The predicted octanol–water partition coefficient (Wildman–Crippen LogP) is 3.98. The van der Waals surface area contributed by atoms with Gasteiger partial charge in [-0.05, 0) is 44.6 Å². The largest absolute Gasteiger partial charge is 0.320 e. The van der Waals surface area contributed by atoms with Crippen LogP contribution in [0.4, 0.5) is 13.2 Å². The molecule has 0 aliphatic heterocycles. The summed E-state index contributed by atoms with van der Waals surface area (Å²) in [4.78, 5) is 0. The monoisotopic (exact) mass is 321 g/mol. The molecule has 90 valence electrons. The van der Waals surface area contributed by atoms with Gasteiger partial charge in [0.25, 0.3) is 0 Å². The number of hydrogen-bond donors (Lipinski definition) is 1. The normalized spacial score (nSPS) is 12.8. The molecule has 2 aromatic rings. The summed E-state index contributed by atoms with van der Waals surface area (Å²) in [5.74, 6) is -3.95. The first kappa shape index (κ1) is 12.6. The molecule has 6 heteroatoms. The molecule has 17 heavy (non-hydrogen) atoms. The van der Waals surface area contributed by atoms with Gasteiger partial charge >= 0.3 is 0 Å². The van der Waals surface area contributed by atoms with Crippen LogP contribution in [0.3, 0.4) is 0 Å². The average Bonchev–Trinajstić information content (AvgIpc) is 2.70. The summed E-state index contributed by atoms with van der Waals surface area (Å²) in [5, 5.41) is 3.58. The van der Waals surface area contributed by atoms with Crippen LogP contribution in [-0.2, 0) is 0 Å². The standard InChI is InChI=1S/C11H7BrF3NS/c12-7-4-17-3-6(7)11(16)5-1-8(13)10(15)9(14)2-5/h1-4,11H,16H2. The van der Waals surface area contributed by atoms with Crippen molar-refractivity contribution in [2.75, 3.05) is 0 Å². The van der Waals surface area contributed by atoms with Crippen molar-refractivity contribution in [3.63, 3.8) is 0 Å². The van der Waals surface area contributed by atoms with Crippen LogP contribution in [0.2, 0.25) is 0 Å². The Morgan fingerprint density at radius 3 is 2.18 bits per heavy atom. The van der Waals surface area contributed by atoms with E-state index in [1.165, 1.54) is 11.3 Å². The van der Waals surface area contributed by atoms with Gasteiger partial charge in [-0.3, -0.25) is 0 Å². The van der Waals surface area contributed by atoms with E-state index >= 15 is 0 Å². The van der Waals surface area contributed by atoms with E-state index in [4.69, 9.17) is 5.73 Å². The number of hydrogen-bond acceptors (Lipinski definition) is 2. The van der Waals surface area contributed by atoms with Gasteiger partial charge in [-0.2, -0.15) is 11.3 Å². The quantitative estimate of drug-likeness (QED) is 0.832. The van der Waals surface area contributed by atoms with Crippen molar-refractivity contribution in [1.29, 1.82) is 0 Å². The number of halogens is 4. The van der Waals surface area contributed by atoms with Crippen molar-refractivity contribution < 1.29 is 13.2 Å². The van der Waals surface area contributed by atoms with Crippen LogP contribution in [0.25, 0.3) is 0 Å². The summed E-state index contributed by atoms with van der Waals surface area (Å²) in [5.41, 5.74) is 6.77. The number of benzene rings is 1. The van der Waals surface area contributed by atoms with Gasteiger partial charge in [0.1, 0.15) is 0 Å². The molecule has 1 aromatic heterocycles. The summed E-state index contributed by atoms with van der Waals surface area (Å²) in [6.07, 6.45) is 0. The summed E-state index contributed by atoms with van der Waals surface area (Å²) in [6.45, 7) is 0. The van der Waals surface area contributed by atoms with Crippen LogP contribution in [0.15, 0.2) is 27.4 Å². The Morgan fingerprint density at radius 2 is 1.71 bits per heavy atom. The highest BCUT2D eigenvalue weighted by atomic mass is 79.9. The summed E-state index contributed by atoms with van der Waals surface area (Å²) < 4.78 is 39.7. The molecule has 1 unspecified atom stereocenters. The van der Waals surface area contributed by atoms with Crippen molar-refractivity contribution in [2.45, 2.75) is 6.04 Å². The molecule has 1 nitrogen and oxygen atoms in total. The molecule has 0 aliphatic rings. The Hall–Kier alpha value is -0.850. The van der Waals surface area contributed by atoms with Gasteiger partial charge in [0.05, 0.1) is 6.04 Å². The molecule has 0 fully saturated rings. The summed E-state index contributed by atoms with van der Waals surface area (Å²) in [7, 11) is 0. The topological polar surface area (TPSA) is 26.0 Å². The van der Waals surface area contributed by atoms with E-state index in [1.807, 2.05) is 5.38 Å². The Labute approximate surface area is 108 Å². The van der Waals surface area contributed by atoms with Crippen LogP contribution in [0.5, 0.6) is 0 Å². The summed E-state index contributed by atoms with van der Waals surface area (Å²) >= 11 is 4.70. The van der Waals surface area contributed by atoms with E-state index in [0.717, 1.165) is 16.6 Å². The lowest BCUT2D eigenvalue weighted by Crippen LogP contribution is -2.12. The SMILES string of the molecule is NC(c1cc(F)c(F)c(F)c1)c1cscc1Br. The predicted molar refractivity (Wildman–Crippen MR) is 64.4 cm³/mol. The minimum Gasteiger partial charge on any atom is -0.320 e. The Balaban J connectivity index is 2.45. The van der Waals surface area contributed by atoms with Gasteiger partial charge < -0.3 is 5.73 Å². The average molecular weight is 322 g/mol. The fraction of sp³-hybridized carbons (Fsp3) is 0.0909. The van der Waals surface area contributed by atoms with Gasteiger partial charge in [-0.25, -0.2) is 13.2 Å². The van der Waals surface area contributed by atoms with Crippen LogP contribution >= 0.6 is 27.3 Å². The minimum absolute atomic E-state index is 0.195. The Morgan fingerprint density at radius 1 is 1.12 bits per heavy atom. The van der Waals surface area contributed by atoms with Crippen LogP contribution in [0.1, 0.15) is 17.2 Å². The maximum Gasteiger partial charge on any atom is 0.194 e. The maximum absolute atomic E-state index is 13.1. The van der Waals surface area contributed by atoms with Crippen molar-refractivity contribution in [2.24, 2.45) is 5.73 Å². The number of nitrogens with two attached hydrogens (primary N) is 1. The Bertz CT molecular complexity index is 532. The fourth-order valence-corrected chi connectivity index (χ4v) is 3.03. The van der Waals surface area contributed by atoms with Gasteiger partial charge in [0, 0.05) is 9.85 Å². The second-order valence-corrected chi connectivity index (χ2v) is 5.05. The van der Waals surface area contributed by atoms with Gasteiger partial charge in [0.2, 0.25) is 0 Å². The third-order valence-corrected chi connectivity index (χ3v) is 4.09. The molecule has 1 atom stereocenters. The van der Waals surface area contributed by atoms with Gasteiger partial charge in [-0.15, -0.1) is 0 Å². The number of rotatable bonds is 2. The van der Waals surface area contributed by atoms with Crippen molar-refractivity contribution in [1.82, 2.24) is 0 Å². The highest BCUT2D eigenvalue weighted by Crippen LogP contribution is 2.31. The minimum atomic E-state index is -1.48. The zero-order chi connectivity index (χ0) is 12.6. The Kier molecular flexibility index (Phi) is 3.56. The third kappa shape index (κ3) is 2.38. The molecule has 0 radical (unpaired) electrons. The van der Waals surface area contributed by atoms with Crippen molar-refractivity contribution in [3.05, 3.63) is 55.9 Å². The lowest BCUT2D eigenvalue weighted by atomic mass is 10.0. The van der Waals surface area contributed by atoms with E-state index in [9.17, 15) is 13.2 Å². The maximum atomic E-state index is 13.1. The molecule has 0 amide bonds. The van der Waals surface area contributed by atoms with Crippen LogP contribution in [0, 0.1) is 17.5 Å². The number of thiophene rings is 1. The van der Waals surface area contributed by atoms with Crippen LogP contribution < -0.4 is 5.73 Å². The van der Waals surface area contributed by atoms with E-state index in [0.29, 0.717) is 5.56 Å². The lowest BCUT2D eigenvalue weighted by molar-refractivity contribution is 0.444. The molecular weight excluding hydrogens is 315 g/mol. The molecule has 0 spiro atoms. The smallest absolute Gasteiger partial charge is 0.194 e. The van der Waals surface area contributed by atoms with E-state index in [1.54, 1.807) is 5.38 Å². The third-order valence-electron chi connectivity index (χ3n) is 2.34. The summed E-state index contributed by atoms with van der Waals surface area (Å²) in [6, 6.07) is 1.13. The van der Waals surface area contributed by atoms with Crippen molar-refractivity contribution in [3.8, 4) is 0 Å². The molecule has 1 aromatic carbocycles. The van der Waals surface area contributed by atoms with E-state index in [-0.39, 0.29) is 5.56 Å². The fourth-order valence-electron chi connectivity index (χ4n) is 1.45. The first-order valence-corrected chi connectivity index (χ1v) is 6.36. The molecule has 0 bridgehead atoms. The van der Waals surface area contributed by atoms with E-state index < -0.39 is 23.5 Å². The second kappa shape index (κ2) is 4.80. The highest BCUT2D eigenvalue weighted by Gasteiger charge is 2.18. The van der Waals surface area contributed by atoms with Crippen LogP contribution in [-0.4, -0.2) is 0 Å². The molecule has 0 aliphatic carbocycles. The molecule has 2 N–H and O–H groups in total. The molecule has 1 heterocycles. The first-order valence-electron chi connectivity index (χ1n) is 4.62. The zero-order valence-electron chi connectivity index (χ0n) is 8.38. The molecule has 0 saturated heterocycles.